The molecule has 0 unspecified atom stereocenters. The topological polar surface area (TPSA) is 52.7 Å². The number of likely N-dealkylation sites (N-methyl/N-ethyl adjacent to an activating group) is 1. The normalized spacial score (nSPS) is 18.2. The first-order valence-electron chi connectivity index (χ1n) is 9.22. The summed E-state index contributed by atoms with van der Waals surface area (Å²) >= 11 is 6.38. The van der Waals surface area contributed by atoms with E-state index in [2.05, 4.69) is 23.5 Å². The summed E-state index contributed by atoms with van der Waals surface area (Å²) in [4.78, 5) is 2.23. The van der Waals surface area contributed by atoms with Crippen LogP contribution in [0.5, 0.6) is 0 Å². The van der Waals surface area contributed by atoms with E-state index >= 15 is 0 Å². The summed E-state index contributed by atoms with van der Waals surface area (Å²) in [7, 11) is -3.46. The maximum atomic E-state index is 12.7. The predicted molar refractivity (Wildman–Crippen MR) is 104 cm³/mol. The maximum Gasteiger partial charge on any atom is 0.279 e. The van der Waals surface area contributed by atoms with Crippen LogP contribution >= 0.6 is 11.6 Å². The van der Waals surface area contributed by atoms with E-state index in [1.54, 1.807) is 4.31 Å². The average molecular weight is 388 g/mol. The largest absolute Gasteiger partial charge is 0.296 e. The summed E-state index contributed by atoms with van der Waals surface area (Å²) in [5.41, 5.74) is 0.964. The first-order valence-corrected chi connectivity index (χ1v) is 11.0. The van der Waals surface area contributed by atoms with Gasteiger partial charge >= 0.3 is 0 Å². The minimum atomic E-state index is -3.46. The molecule has 0 radical (unpaired) electrons. The summed E-state index contributed by atoms with van der Waals surface area (Å²) in [5, 5.41) is 0.674. The molecule has 0 saturated carbocycles. The summed E-state index contributed by atoms with van der Waals surface area (Å²) in [6.07, 6.45) is 4.08. The van der Waals surface area contributed by atoms with Crippen LogP contribution in [0.1, 0.15) is 51.1 Å². The first kappa shape index (κ1) is 20.6. The highest BCUT2D eigenvalue weighted by Crippen LogP contribution is 2.27. The van der Waals surface area contributed by atoms with E-state index in [-0.39, 0.29) is 6.04 Å². The van der Waals surface area contributed by atoms with Crippen molar-refractivity contribution in [2.24, 2.45) is 0 Å². The highest BCUT2D eigenvalue weighted by Gasteiger charge is 2.26. The molecule has 1 aromatic carbocycles. The van der Waals surface area contributed by atoms with Gasteiger partial charge in [-0.1, -0.05) is 56.5 Å². The second kappa shape index (κ2) is 9.88. The number of rotatable bonds is 8. The second-order valence-corrected chi connectivity index (χ2v) is 8.59. The molecule has 1 fully saturated rings. The van der Waals surface area contributed by atoms with E-state index < -0.39 is 10.2 Å². The van der Waals surface area contributed by atoms with Crippen molar-refractivity contribution in [1.29, 1.82) is 0 Å². The molecule has 1 aromatic rings. The van der Waals surface area contributed by atoms with Crippen molar-refractivity contribution >= 4 is 21.8 Å². The monoisotopic (exact) mass is 387 g/mol. The van der Waals surface area contributed by atoms with Crippen molar-refractivity contribution in [1.82, 2.24) is 13.9 Å². The molecule has 1 aliphatic rings. The van der Waals surface area contributed by atoms with Crippen molar-refractivity contribution in [2.75, 3.05) is 32.7 Å². The number of nitrogens with zero attached hydrogens (tertiary/aromatic N) is 2. The molecule has 1 N–H and O–H groups in total. The zero-order valence-corrected chi connectivity index (χ0v) is 16.8. The van der Waals surface area contributed by atoms with Crippen LogP contribution in [0.4, 0.5) is 0 Å². The highest BCUT2D eigenvalue weighted by atomic mass is 35.5. The van der Waals surface area contributed by atoms with Gasteiger partial charge in [0.15, 0.2) is 0 Å². The van der Waals surface area contributed by atoms with E-state index in [0.29, 0.717) is 24.7 Å². The Labute approximate surface area is 157 Å². The Hall–Kier alpha value is -0.660. The molecule has 0 amide bonds. The number of hydrogen-bond donors (Lipinski definition) is 1. The lowest BCUT2D eigenvalue weighted by Gasteiger charge is -2.31. The molecule has 0 spiro atoms. The fraction of sp³-hybridized carbons (Fsp3) is 0.667. The lowest BCUT2D eigenvalue weighted by molar-refractivity contribution is 0.219. The highest BCUT2D eigenvalue weighted by molar-refractivity contribution is 7.87. The van der Waals surface area contributed by atoms with Crippen molar-refractivity contribution < 1.29 is 8.42 Å². The molecule has 5 nitrogen and oxygen atoms in total. The molecular weight excluding hydrogens is 358 g/mol. The standard InChI is InChI=1S/C18H30ClN3O2S/c1-3-21(4-2)18(16-11-7-8-12-17(16)19)15-20-25(23,24)22-13-9-5-6-10-14-22/h7-8,11-12,18,20H,3-6,9-10,13-15H2,1-2H3/t18-/m1/s1. The Bertz CT molecular complexity index is 627. The van der Waals surface area contributed by atoms with Gasteiger partial charge in [-0.25, -0.2) is 4.72 Å². The zero-order chi connectivity index (χ0) is 18.3. The maximum absolute atomic E-state index is 12.7. The fourth-order valence-electron chi connectivity index (χ4n) is 3.40. The number of hydrogen-bond acceptors (Lipinski definition) is 3. The Morgan fingerprint density at radius 2 is 1.72 bits per heavy atom. The Morgan fingerprint density at radius 1 is 1.12 bits per heavy atom. The summed E-state index contributed by atoms with van der Waals surface area (Å²) in [6.45, 7) is 7.36. The van der Waals surface area contributed by atoms with E-state index in [1.807, 2.05) is 24.3 Å². The van der Waals surface area contributed by atoms with Gasteiger partial charge in [0.25, 0.3) is 10.2 Å². The predicted octanol–water partition coefficient (Wildman–Crippen LogP) is 3.43. The van der Waals surface area contributed by atoms with Crippen molar-refractivity contribution in [3.05, 3.63) is 34.9 Å². The molecule has 1 saturated heterocycles. The van der Waals surface area contributed by atoms with Gasteiger partial charge in [-0.05, 0) is 37.6 Å². The third-order valence-corrected chi connectivity index (χ3v) is 6.80. The molecule has 1 heterocycles. The molecule has 1 atom stereocenters. The van der Waals surface area contributed by atoms with Gasteiger partial charge in [0, 0.05) is 30.7 Å². The van der Waals surface area contributed by atoms with Crippen LogP contribution in [-0.4, -0.2) is 50.3 Å². The third-order valence-electron chi connectivity index (χ3n) is 4.88. The van der Waals surface area contributed by atoms with E-state index in [1.165, 1.54) is 0 Å². The first-order chi connectivity index (χ1) is 12.0. The smallest absolute Gasteiger partial charge is 0.279 e. The van der Waals surface area contributed by atoms with Gasteiger partial charge in [0.1, 0.15) is 0 Å². The van der Waals surface area contributed by atoms with Gasteiger partial charge in [-0.2, -0.15) is 12.7 Å². The van der Waals surface area contributed by atoms with Crippen LogP contribution in [0.3, 0.4) is 0 Å². The minimum Gasteiger partial charge on any atom is -0.296 e. The third kappa shape index (κ3) is 5.66. The molecule has 7 heteroatoms. The van der Waals surface area contributed by atoms with E-state index in [0.717, 1.165) is 44.3 Å². The average Bonchev–Trinajstić information content (AvgIpc) is 2.89. The fourth-order valence-corrected chi connectivity index (χ4v) is 4.95. The van der Waals surface area contributed by atoms with Crippen LogP contribution < -0.4 is 4.72 Å². The Kier molecular flexibility index (Phi) is 8.16. The molecule has 25 heavy (non-hydrogen) atoms. The molecule has 1 aliphatic heterocycles. The molecular formula is C18H30ClN3O2S. The SMILES string of the molecule is CCN(CC)[C@H](CNS(=O)(=O)N1CCCCCC1)c1ccccc1Cl. The van der Waals surface area contributed by atoms with E-state index in [4.69, 9.17) is 11.6 Å². The number of benzene rings is 1. The van der Waals surface area contributed by atoms with Gasteiger partial charge in [-0.3, -0.25) is 4.90 Å². The van der Waals surface area contributed by atoms with Gasteiger partial charge < -0.3 is 0 Å². The second-order valence-electron chi connectivity index (χ2n) is 6.43. The summed E-state index contributed by atoms with van der Waals surface area (Å²) in [6, 6.07) is 7.60. The lowest BCUT2D eigenvalue weighted by atomic mass is 10.1. The quantitative estimate of drug-likeness (QED) is 0.743. The van der Waals surface area contributed by atoms with Crippen molar-refractivity contribution in [3.8, 4) is 0 Å². The Morgan fingerprint density at radius 3 is 2.28 bits per heavy atom. The Balaban J connectivity index is 2.15. The summed E-state index contributed by atoms with van der Waals surface area (Å²) in [5.74, 6) is 0. The van der Waals surface area contributed by atoms with Crippen molar-refractivity contribution in [2.45, 2.75) is 45.6 Å². The van der Waals surface area contributed by atoms with Crippen LogP contribution in [0.2, 0.25) is 5.02 Å². The molecule has 2 rings (SSSR count). The van der Waals surface area contributed by atoms with Gasteiger partial charge in [0.2, 0.25) is 0 Å². The van der Waals surface area contributed by atoms with Crippen LogP contribution in [0, 0.1) is 0 Å². The van der Waals surface area contributed by atoms with Crippen molar-refractivity contribution in [3.63, 3.8) is 0 Å². The number of halogens is 1. The van der Waals surface area contributed by atoms with E-state index in [9.17, 15) is 8.42 Å². The summed E-state index contributed by atoms with van der Waals surface area (Å²) < 4.78 is 29.9. The van der Waals surface area contributed by atoms with Crippen LogP contribution in [0.25, 0.3) is 0 Å². The molecule has 0 bridgehead atoms. The number of nitrogens with one attached hydrogen (secondary N) is 1. The lowest BCUT2D eigenvalue weighted by Crippen LogP contribution is -2.45. The molecule has 0 aromatic heterocycles. The van der Waals surface area contributed by atoms with Gasteiger partial charge in [0.05, 0.1) is 0 Å². The van der Waals surface area contributed by atoms with Crippen LogP contribution in [0.15, 0.2) is 24.3 Å². The zero-order valence-electron chi connectivity index (χ0n) is 15.2. The molecule has 142 valence electrons. The van der Waals surface area contributed by atoms with Gasteiger partial charge in [-0.15, -0.1) is 0 Å². The van der Waals surface area contributed by atoms with Crippen LogP contribution in [-0.2, 0) is 10.2 Å². The minimum absolute atomic E-state index is 0.0783. The molecule has 0 aliphatic carbocycles.